The van der Waals surface area contributed by atoms with Gasteiger partial charge >= 0.3 is 11.6 Å². The number of rotatable bonds is 0. The van der Waals surface area contributed by atoms with Gasteiger partial charge in [-0.2, -0.15) is 0 Å². The maximum atomic E-state index is 11.1. The average Bonchev–Trinajstić information content (AvgIpc) is 3.01. The molecule has 0 spiro atoms. The van der Waals surface area contributed by atoms with E-state index in [1.165, 1.54) is 18.4 Å². The lowest BCUT2D eigenvalue weighted by molar-refractivity contribution is -0.135. The van der Waals surface area contributed by atoms with E-state index in [2.05, 4.69) is 0 Å². The number of hydrogen-bond donors (Lipinski definition) is 0. The Morgan fingerprint density at radius 1 is 0.650 bits per heavy atom. The van der Waals surface area contributed by atoms with Crippen molar-refractivity contribution in [1.82, 2.24) is 0 Å². The molecule has 40 heavy (non-hydrogen) atoms. The van der Waals surface area contributed by atoms with Crippen LogP contribution in [0.5, 0.6) is 5.75 Å². The predicted octanol–water partition coefficient (Wildman–Crippen LogP) is 8.76. The van der Waals surface area contributed by atoms with Crippen LogP contribution in [-0.2, 0) is 4.79 Å². The van der Waals surface area contributed by atoms with Gasteiger partial charge in [-0.15, -0.1) is 0 Å². The Hall–Kier alpha value is -4.45. The van der Waals surface area contributed by atoms with Crippen LogP contribution in [-0.4, -0.2) is 5.97 Å². The molecule has 0 radical (unpaired) electrons. The van der Waals surface area contributed by atoms with Crippen LogP contribution in [0.3, 0.4) is 0 Å². The van der Waals surface area contributed by atoms with E-state index in [4.69, 9.17) is 13.6 Å². The Kier molecular flexibility index (Phi) is 15.7. The molecule has 1 aliphatic rings. The first kappa shape index (κ1) is 33.6. The summed E-state index contributed by atoms with van der Waals surface area (Å²) in [5.74, 6) is 0.893. The van der Waals surface area contributed by atoms with Gasteiger partial charge in [-0.25, -0.2) is 4.79 Å². The Bertz CT molecular complexity index is 1540. The van der Waals surface area contributed by atoms with Crippen LogP contribution >= 0.6 is 0 Å². The van der Waals surface area contributed by atoms with Gasteiger partial charge in [0.1, 0.15) is 16.9 Å². The lowest BCUT2D eigenvalue weighted by Crippen LogP contribution is -2.18. The van der Waals surface area contributed by atoms with E-state index in [0.717, 1.165) is 16.7 Å². The van der Waals surface area contributed by atoms with Crippen LogP contribution in [0.1, 0.15) is 66.4 Å². The van der Waals surface area contributed by atoms with Crippen LogP contribution in [0.4, 0.5) is 0 Å². The normalized spacial score (nSPS) is 12.5. The van der Waals surface area contributed by atoms with Gasteiger partial charge in [-0.05, 0) is 41.8 Å². The molecule has 0 fully saturated rings. The predicted molar refractivity (Wildman–Crippen MR) is 164 cm³/mol. The number of benzene rings is 3. The van der Waals surface area contributed by atoms with Crippen molar-refractivity contribution in [3.8, 4) is 5.75 Å². The second-order valence-electron chi connectivity index (χ2n) is 7.69. The Balaban J connectivity index is 0.000000274. The van der Waals surface area contributed by atoms with Gasteiger partial charge in [-0.1, -0.05) is 97.0 Å². The van der Waals surface area contributed by atoms with Gasteiger partial charge in [0.15, 0.2) is 5.43 Å². The van der Waals surface area contributed by atoms with Gasteiger partial charge in [0.2, 0.25) is 0 Å². The van der Waals surface area contributed by atoms with Crippen LogP contribution < -0.4 is 15.8 Å². The molecule has 0 saturated carbocycles. The van der Waals surface area contributed by atoms with E-state index in [-0.39, 0.29) is 17.0 Å². The molecule has 6 rings (SSSR count). The van der Waals surface area contributed by atoms with Crippen molar-refractivity contribution in [1.29, 1.82) is 0 Å². The molecule has 0 bridgehead atoms. The number of hydrogen-bond acceptors (Lipinski definition) is 6. The molecule has 6 nitrogen and oxygen atoms in total. The zero-order chi connectivity index (χ0) is 29.9. The van der Waals surface area contributed by atoms with Crippen molar-refractivity contribution < 1.29 is 18.4 Å². The number of para-hydroxylation sites is 3. The molecule has 1 atom stereocenters. The zero-order valence-corrected chi connectivity index (χ0v) is 24.5. The molecule has 6 heteroatoms. The summed E-state index contributed by atoms with van der Waals surface area (Å²) < 4.78 is 15.1. The fourth-order valence-electron chi connectivity index (χ4n) is 3.55. The van der Waals surface area contributed by atoms with E-state index < -0.39 is 0 Å². The van der Waals surface area contributed by atoms with E-state index >= 15 is 0 Å². The molecule has 0 saturated heterocycles. The largest absolute Gasteiger partial charge is 0.464 e. The van der Waals surface area contributed by atoms with Crippen molar-refractivity contribution in [3.63, 3.8) is 0 Å². The van der Waals surface area contributed by atoms with Gasteiger partial charge in [0.25, 0.3) is 0 Å². The summed E-state index contributed by atoms with van der Waals surface area (Å²) in [7, 11) is 0. The van der Waals surface area contributed by atoms with Crippen molar-refractivity contribution in [2.75, 3.05) is 0 Å². The molecule has 1 unspecified atom stereocenters. The van der Waals surface area contributed by atoms with Crippen LogP contribution in [0.25, 0.3) is 21.9 Å². The van der Waals surface area contributed by atoms with E-state index in [0.29, 0.717) is 28.9 Å². The molecule has 212 valence electrons. The summed E-state index contributed by atoms with van der Waals surface area (Å²) in [6.07, 6.45) is 1.90. The summed E-state index contributed by atoms with van der Waals surface area (Å²) in [5.41, 5.74) is 2.12. The van der Waals surface area contributed by atoms with E-state index in [1.54, 1.807) is 24.3 Å². The third kappa shape index (κ3) is 10.0. The minimum atomic E-state index is -0.302. The number of ether oxygens (including phenoxy) is 1. The Morgan fingerprint density at radius 2 is 1.25 bits per heavy atom. The number of esters is 1. The summed E-state index contributed by atoms with van der Waals surface area (Å²) in [4.78, 5) is 32.8. The van der Waals surface area contributed by atoms with E-state index in [9.17, 15) is 14.4 Å². The highest BCUT2D eigenvalue weighted by Gasteiger charge is 2.22. The van der Waals surface area contributed by atoms with Crippen LogP contribution in [0.15, 0.2) is 116 Å². The highest BCUT2D eigenvalue weighted by Crippen LogP contribution is 2.33. The first-order valence-corrected chi connectivity index (χ1v) is 13.8. The highest BCUT2D eigenvalue weighted by molar-refractivity contribution is 5.77. The summed E-state index contributed by atoms with van der Waals surface area (Å²) >= 11 is 0. The van der Waals surface area contributed by atoms with Gasteiger partial charge in [0, 0.05) is 17.5 Å². The third-order valence-electron chi connectivity index (χ3n) is 5.24. The van der Waals surface area contributed by atoms with Gasteiger partial charge in [-0.3, -0.25) is 9.59 Å². The first-order chi connectivity index (χ1) is 19.5. The summed E-state index contributed by atoms with van der Waals surface area (Å²) in [5, 5.41) is 1.59. The summed E-state index contributed by atoms with van der Waals surface area (Å²) in [6, 6.07) is 26.9. The van der Waals surface area contributed by atoms with Crippen molar-refractivity contribution in [2.45, 2.75) is 60.8 Å². The van der Waals surface area contributed by atoms with Gasteiger partial charge < -0.3 is 13.6 Å². The van der Waals surface area contributed by atoms with E-state index in [1.807, 2.05) is 103 Å². The lowest BCUT2D eigenvalue weighted by Gasteiger charge is -2.20. The maximum absolute atomic E-state index is 11.1. The van der Waals surface area contributed by atoms with Crippen molar-refractivity contribution in [3.05, 3.63) is 123 Å². The molecule has 2 aromatic heterocycles. The molecule has 0 amide bonds. The smallest absolute Gasteiger partial charge is 0.336 e. The zero-order valence-electron chi connectivity index (χ0n) is 24.5. The van der Waals surface area contributed by atoms with Crippen molar-refractivity contribution in [2.24, 2.45) is 0 Å². The maximum Gasteiger partial charge on any atom is 0.336 e. The molecular weight excluding hydrogens is 504 g/mol. The number of carbonyl (C=O) groups is 1. The summed E-state index contributed by atoms with van der Waals surface area (Å²) in [6.45, 7) is 14.0. The lowest BCUT2D eigenvalue weighted by atomic mass is 9.95. The van der Waals surface area contributed by atoms with Gasteiger partial charge in [0.05, 0.1) is 18.1 Å². The fourth-order valence-corrected chi connectivity index (χ4v) is 3.55. The third-order valence-corrected chi connectivity index (χ3v) is 5.24. The fraction of sp³-hybridized carbons (Fsp3) is 0.265. The number of fused-ring (bicyclic) bond motifs is 3. The average molecular weight is 545 g/mol. The molecule has 3 aromatic carbocycles. The van der Waals surface area contributed by atoms with Crippen LogP contribution in [0, 0.1) is 0 Å². The first-order valence-electron chi connectivity index (χ1n) is 13.8. The second-order valence-corrected chi connectivity index (χ2v) is 7.69. The molecule has 3 heterocycles. The second kappa shape index (κ2) is 18.7. The SMILES string of the molecule is CC.CC.CC.CC1CC(=O)Oc2ccccc21.O=c1ccc2ccccc2o1.O=c1ccoc2ccccc12. The number of carbonyl (C=O) groups excluding carboxylic acids is 1. The molecule has 0 aliphatic carbocycles. The quantitative estimate of drug-likeness (QED) is 0.110. The standard InChI is InChI=1S/C10H10O2.2C9H6O2.3C2H6/c1-7-6-10(11)12-9-5-3-2-4-8(7)9;10-8-5-6-11-9-4-2-1-3-7(8)9;10-9-6-5-7-3-1-2-4-8(7)11-9;3*1-2/h2-5,7H,6H2,1H3;2*1-6H;3*1-2H3. The minimum absolute atomic E-state index is 0.00634. The molecule has 1 aliphatic heterocycles. The minimum Gasteiger partial charge on any atom is -0.464 e. The molecule has 5 aromatic rings. The monoisotopic (exact) mass is 544 g/mol. The van der Waals surface area contributed by atoms with Crippen LogP contribution in [0.2, 0.25) is 0 Å². The topological polar surface area (TPSA) is 86.7 Å². The molecule has 0 N–H and O–H groups in total. The Morgan fingerprint density at radius 3 is 1.95 bits per heavy atom. The van der Waals surface area contributed by atoms with Crippen molar-refractivity contribution >= 4 is 27.9 Å². The molecular formula is C34H40O6. The Labute approximate surface area is 236 Å². The highest BCUT2D eigenvalue weighted by atomic mass is 16.5.